The van der Waals surface area contributed by atoms with Gasteiger partial charge in [0.25, 0.3) is 5.91 Å². The van der Waals surface area contributed by atoms with Gasteiger partial charge in [0.2, 0.25) is 0 Å². The zero-order valence-corrected chi connectivity index (χ0v) is 14.0. The van der Waals surface area contributed by atoms with Crippen LogP contribution in [0.5, 0.6) is 11.5 Å². The average Bonchev–Trinajstić information content (AvgIpc) is 2.49. The molecule has 0 fully saturated rings. The van der Waals surface area contributed by atoms with E-state index in [0.717, 1.165) is 18.6 Å². The smallest absolute Gasteiger partial charge is 0.324 e. The molecule has 2 N–H and O–H groups in total. The first kappa shape index (κ1) is 18.4. The lowest BCUT2D eigenvalue weighted by atomic mass is 10.3. The lowest BCUT2D eigenvalue weighted by Gasteiger charge is -2.13. The van der Waals surface area contributed by atoms with Gasteiger partial charge >= 0.3 is 5.97 Å². The largest absolute Gasteiger partial charge is 0.481 e. The van der Waals surface area contributed by atoms with Gasteiger partial charge in [-0.15, -0.1) is 11.8 Å². The van der Waals surface area contributed by atoms with Crippen molar-refractivity contribution in [2.75, 3.05) is 5.75 Å². The third kappa shape index (κ3) is 6.39. The van der Waals surface area contributed by atoms with Crippen LogP contribution in [-0.4, -0.2) is 29.0 Å². The fourth-order valence-electron chi connectivity index (χ4n) is 1.52. The minimum Gasteiger partial charge on any atom is -0.481 e. The highest BCUT2D eigenvalue weighted by molar-refractivity contribution is 8.00. The summed E-state index contributed by atoms with van der Waals surface area (Å²) in [5.74, 6) is 1.10. The number of primary amides is 1. The molecular formula is C16H23NO4S. The third-order valence-corrected chi connectivity index (χ3v) is 4.17. The van der Waals surface area contributed by atoms with Crippen molar-refractivity contribution < 1.29 is 19.1 Å². The summed E-state index contributed by atoms with van der Waals surface area (Å²) in [4.78, 5) is 22.8. The van der Waals surface area contributed by atoms with E-state index in [1.807, 2.05) is 6.92 Å². The molecule has 2 unspecified atom stereocenters. The molecular weight excluding hydrogens is 302 g/mol. The van der Waals surface area contributed by atoms with Gasteiger partial charge in [-0.1, -0.05) is 13.3 Å². The van der Waals surface area contributed by atoms with E-state index in [1.165, 1.54) is 0 Å². The summed E-state index contributed by atoms with van der Waals surface area (Å²) in [7, 11) is 0. The molecule has 0 heterocycles. The molecule has 2 atom stereocenters. The van der Waals surface area contributed by atoms with Crippen molar-refractivity contribution >= 4 is 23.6 Å². The van der Waals surface area contributed by atoms with Crippen molar-refractivity contribution in [3.05, 3.63) is 24.3 Å². The molecule has 1 rings (SSSR count). The fraction of sp³-hybridized carbons (Fsp3) is 0.500. The van der Waals surface area contributed by atoms with Crippen LogP contribution in [0, 0.1) is 0 Å². The Balaban J connectivity index is 2.49. The number of carbonyl (C=O) groups is 2. The first-order valence-electron chi connectivity index (χ1n) is 7.33. The van der Waals surface area contributed by atoms with E-state index >= 15 is 0 Å². The number of carbonyl (C=O) groups excluding carboxylic acids is 2. The molecule has 0 spiro atoms. The van der Waals surface area contributed by atoms with Crippen LogP contribution in [0.25, 0.3) is 0 Å². The standard InChI is InChI=1S/C16H23NO4S/c1-4-5-10-22-12(3)16(19)21-14-8-6-13(7-9-14)20-11(2)15(17)18/h6-9,11-12H,4-5,10H2,1-3H3,(H2,17,18). The second kappa shape index (κ2) is 9.35. The Bertz CT molecular complexity index is 489. The van der Waals surface area contributed by atoms with Crippen LogP contribution in [0.3, 0.4) is 0 Å². The van der Waals surface area contributed by atoms with Crippen LogP contribution in [-0.2, 0) is 9.59 Å². The molecule has 6 heteroatoms. The van der Waals surface area contributed by atoms with Gasteiger partial charge in [-0.3, -0.25) is 9.59 Å². The van der Waals surface area contributed by atoms with E-state index in [0.29, 0.717) is 11.5 Å². The maximum Gasteiger partial charge on any atom is 0.324 e. The van der Waals surface area contributed by atoms with E-state index in [1.54, 1.807) is 43.0 Å². The maximum absolute atomic E-state index is 11.9. The van der Waals surface area contributed by atoms with E-state index in [9.17, 15) is 9.59 Å². The Hall–Kier alpha value is -1.69. The quantitative estimate of drug-likeness (QED) is 0.429. The Morgan fingerprint density at radius 3 is 2.32 bits per heavy atom. The minimum atomic E-state index is -0.705. The summed E-state index contributed by atoms with van der Waals surface area (Å²) >= 11 is 1.59. The molecule has 1 amide bonds. The van der Waals surface area contributed by atoms with Crippen LogP contribution in [0.4, 0.5) is 0 Å². The van der Waals surface area contributed by atoms with Crippen LogP contribution in [0.1, 0.15) is 33.6 Å². The number of benzene rings is 1. The average molecular weight is 325 g/mol. The zero-order chi connectivity index (χ0) is 16.5. The lowest BCUT2D eigenvalue weighted by molar-refractivity contribution is -0.133. The van der Waals surface area contributed by atoms with Gasteiger partial charge in [0.1, 0.15) is 16.7 Å². The Morgan fingerprint density at radius 2 is 1.77 bits per heavy atom. The van der Waals surface area contributed by atoms with Crippen molar-refractivity contribution in [1.82, 2.24) is 0 Å². The molecule has 122 valence electrons. The summed E-state index contributed by atoms with van der Waals surface area (Å²) in [6.07, 6.45) is 1.50. The van der Waals surface area contributed by atoms with E-state index in [-0.39, 0.29) is 11.2 Å². The monoisotopic (exact) mass is 325 g/mol. The highest BCUT2D eigenvalue weighted by Gasteiger charge is 2.16. The van der Waals surface area contributed by atoms with Gasteiger partial charge in [0, 0.05) is 0 Å². The molecule has 0 saturated carbocycles. The minimum absolute atomic E-state index is 0.197. The summed E-state index contributed by atoms with van der Waals surface area (Å²) < 4.78 is 10.6. The number of ether oxygens (including phenoxy) is 2. The number of esters is 1. The van der Waals surface area contributed by atoms with Crippen molar-refractivity contribution in [3.8, 4) is 11.5 Å². The molecule has 0 aliphatic rings. The van der Waals surface area contributed by atoms with Crippen LogP contribution in [0.2, 0.25) is 0 Å². The number of rotatable bonds is 9. The van der Waals surface area contributed by atoms with Crippen molar-refractivity contribution in [3.63, 3.8) is 0 Å². The molecule has 0 saturated heterocycles. The molecule has 0 radical (unpaired) electrons. The summed E-state index contributed by atoms with van der Waals surface area (Å²) in [6, 6.07) is 6.53. The predicted octanol–water partition coefficient (Wildman–Crippen LogP) is 2.77. The Kier molecular flexibility index (Phi) is 7.80. The second-order valence-corrected chi connectivity index (χ2v) is 6.37. The van der Waals surface area contributed by atoms with Gasteiger partial charge in [0.15, 0.2) is 6.10 Å². The SMILES string of the molecule is CCCCSC(C)C(=O)Oc1ccc(OC(C)C(N)=O)cc1. The first-order chi connectivity index (χ1) is 10.4. The first-order valence-corrected chi connectivity index (χ1v) is 8.38. The van der Waals surface area contributed by atoms with E-state index in [4.69, 9.17) is 15.2 Å². The van der Waals surface area contributed by atoms with Crippen molar-refractivity contribution in [2.24, 2.45) is 5.73 Å². The van der Waals surface area contributed by atoms with Gasteiger partial charge in [0.05, 0.1) is 0 Å². The van der Waals surface area contributed by atoms with Crippen LogP contribution in [0.15, 0.2) is 24.3 Å². The Morgan fingerprint density at radius 1 is 1.18 bits per heavy atom. The van der Waals surface area contributed by atoms with Crippen molar-refractivity contribution in [1.29, 1.82) is 0 Å². The maximum atomic E-state index is 11.9. The fourth-order valence-corrected chi connectivity index (χ4v) is 2.51. The third-order valence-electron chi connectivity index (χ3n) is 2.95. The molecule has 0 aliphatic heterocycles. The van der Waals surface area contributed by atoms with Gasteiger partial charge in [-0.25, -0.2) is 0 Å². The molecule has 5 nitrogen and oxygen atoms in total. The number of amides is 1. The van der Waals surface area contributed by atoms with E-state index < -0.39 is 12.0 Å². The molecule has 0 bridgehead atoms. The highest BCUT2D eigenvalue weighted by atomic mass is 32.2. The molecule has 0 aromatic heterocycles. The lowest BCUT2D eigenvalue weighted by Crippen LogP contribution is -2.30. The number of unbranched alkanes of at least 4 members (excludes halogenated alkanes) is 1. The molecule has 0 aliphatic carbocycles. The van der Waals surface area contributed by atoms with Gasteiger partial charge in [-0.2, -0.15) is 0 Å². The van der Waals surface area contributed by atoms with Crippen LogP contribution >= 0.6 is 11.8 Å². The highest BCUT2D eigenvalue weighted by Crippen LogP contribution is 2.21. The number of hydrogen-bond acceptors (Lipinski definition) is 5. The summed E-state index contributed by atoms with van der Waals surface area (Å²) in [5.41, 5.74) is 5.13. The zero-order valence-electron chi connectivity index (χ0n) is 13.2. The van der Waals surface area contributed by atoms with Gasteiger partial charge in [-0.05, 0) is 50.3 Å². The number of nitrogens with two attached hydrogens (primary N) is 1. The normalized spacial score (nSPS) is 13.2. The molecule has 1 aromatic carbocycles. The number of hydrogen-bond donors (Lipinski definition) is 1. The predicted molar refractivity (Wildman–Crippen MR) is 88.2 cm³/mol. The van der Waals surface area contributed by atoms with Crippen LogP contribution < -0.4 is 15.2 Å². The Labute approximate surface area is 135 Å². The topological polar surface area (TPSA) is 78.6 Å². The van der Waals surface area contributed by atoms with Gasteiger partial charge < -0.3 is 15.2 Å². The second-order valence-electron chi connectivity index (χ2n) is 4.92. The summed E-state index contributed by atoms with van der Waals surface area (Å²) in [5, 5.41) is -0.197. The van der Waals surface area contributed by atoms with Crippen molar-refractivity contribution in [2.45, 2.75) is 45.0 Å². The summed E-state index contributed by atoms with van der Waals surface area (Å²) in [6.45, 7) is 5.53. The van der Waals surface area contributed by atoms with E-state index in [2.05, 4.69) is 6.92 Å². The molecule has 1 aromatic rings. The molecule has 22 heavy (non-hydrogen) atoms. The number of thioether (sulfide) groups is 1.